The Labute approximate surface area is 83.3 Å². The first-order valence-corrected chi connectivity index (χ1v) is 3.91. The van der Waals surface area contributed by atoms with Crippen molar-refractivity contribution in [3.8, 4) is 0 Å². The molecule has 0 aromatic heterocycles. The van der Waals surface area contributed by atoms with Crippen molar-refractivity contribution in [1.29, 1.82) is 0 Å². The lowest BCUT2D eigenvalue weighted by molar-refractivity contribution is -0.137. The third-order valence-corrected chi connectivity index (χ3v) is 1.76. The highest BCUT2D eigenvalue weighted by Gasteiger charge is 2.30. The molecule has 2 N–H and O–H groups in total. The molecule has 0 saturated carbocycles. The van der Waals surface area contributed by atoms with Crippen molar-refractivity contribution in [1.82, 2.24) is 0 Å². The first kappa shape index (κ1) is 10.8. The molecule has 0 aliphatic carbocycles. The number of amidine groups is 1. The van der Waals surface area contributed by atoms with Gasteiger partial charge in [-0.05, 0) is 12.1 Å². The van der Waals surface area contributed by atoms with Crippen molar-refractivity contribution in [3.05, 3.63) is 35.4 Å². The first-order valence-electron chi connectivity index (χ1n) is 3.57. The van der Waals surface area contributed by atoms with Gasteiger partial charge in [0, 0.05) is 17.3 Å². The number of hydrogen-bond donors (Lipinski definition) is 1. The number of nitrogens with two attached hydrogens (primary N) is 1. The van der Waals surface area contributed by atoms with E-state index in [0.717, 1.165) is 12.1 Å². The Kier molecular flexibility index (Phi) is 3.00. The molecular formula is C8H6ClF3N2. The minimum Gasteiger partial charge on any atom is -0.382 e. The first-order chi connectivity index (χ1) is 6.45. The molecule has 76 valence electrons. The van der Waals surface area contributed by atoms with Crippen LogP contribution in [0.1, 0.15) is 11.1 Å². The number of hydrogen-bond acceptors (Lipinski definition) is 1. The Morgan fingerprint density at radius 2 is 2.00 bits per heavy atom. The molecule has 0 spiro atoms. The maximum absolute atomic E-state index is 12.2. The summed E-state index contributed by atoms with van der Waals surface area (Å²) in [6.45, 7) is 0. The molecule has 0 radical (unpaired) electrons. The molecule has 0 saturated heterocycles. The molecule has 14 heavy (non-hydrogen) atoms. The Morgan fingerprint density at radius 3 is 2.50 bits per heavy atom. The molecule has 0 fully saturated rings. The van der Waals surface area contributed by atoms with Crippen molar-refractivity contribution in [2.45, 2.75) is 6.18 Å². The average molecular weight is 223 g/mol. The van der Waals surface area contributed by atoms with E-state index >= 15 is 0 Å². The van der Waals surface area contributed by atoms with Crippen molar-refractivity contribution >= 4 is 17.6 Å². The van der Waals surface area contributed by atoms with Gasteiger partial charge in [0.2, 0.25) is 0 Å². The minimum atomic E-state index is -4.39. The van der Waals surface area contributed by atoms with Gasteiger partial charge in [-0.25, -0.2) is 0 Å². The SMILES string of the molecule is NC(=NCl)c1cccc(C(F)(F)F)c1. The summed E-state index contributed by atoms with van der Waals surface area (Å²) in [6.07, 6.45) is -4.39. The normalized spacial score (nSPS) is 13.0. The summed E-state index contributed by atoms with van der Waals surface area (Å²) in [4.78, 5) is 0. The summed E-state index contributed by atoms with van der Waals surface area (Å²) < 4.78 is 39.7. The van der Waals surface area contributed by atoms with Crippen LogP contribution >= 0.6 is 11.8 Å². The minimum absolute atomic E-state index is 0.141. The lowest BCUT2D eigenvalue weighted by Gasteiger charge is -2.07. The smallest absolute Gasteiger partial charge is 0.382 e. The van der Waals surface area contributed by atoms with Gasteiger partial charge in [-0.2, -0.15) is 17.7 Å². The maximum Gasteiger partial charge on any atom is 0.416 e. The molecule has 1 aromatic carbocycles. The van der Waals surface area contributed by atoms with Crippen molar-refractivity contribution < 1.29 is 13.2 Å². The van der Waals surface area contributed by atoms with Gasteiger partial charge in [0.25, 0.3) is 0 Å². The van der Waals surface area contributed by atoms with E-state index in [0.29, 0.717) is 0 Å². The predicted octanol–water partition coefficient (Wildman–Crippen LogP) is 2.56. The molecule has 0 amide bonds. The van der Waals surface area contributed by atoms with Crippen LogP contribution in [0.5, 0.6) is 0 Å². The van der Waals surface area contributed by atoms with Crippen LogP contribution in [0.25, 0.3) is 0 Å². The van der Waals surface area contributed by atoms with E-state index in [1.165, 1.54) is 12.1 Å². The van der Waals surface area contributed by atoms with Crippen molar-refractivity contribution in [3.63, 3.8) is 0 Å². The zero-order valence-electron chi connectivity index (χ0n) is 6.85. The van der Waals surface area contributed by atoms with E-state index < -0.39 is 11.7 Å². The summed E-state index contributed by atoms with van der Waals surface area (Å²) in [5, 5.41) is 0. The quantitative estimate of drug-likeness (QED) is 0.576. The number of nitrogens with zero attached hydrogens (tertiary/aromatic N) is 1. The number of benzene rings is 1. The van der Waals surface area contributed by atoms with Crippen LogP contribution in [-0.2, 0) is 6.18 Å². The average Bonchev–Trinajstić information content (AvgIpc) is 2.15. The van der Waals surface area contributed by atoms with Gasteiger partial charge in [-0.1, -0.05) is 12.1 Å². The fourth-order valence-electron chi connectivity index (χ4n) is 0.904. The molecule has 0 heterocycles. The number of halogens is 4. The summed E-state index contributed by atoms with van der Waals surface area (Å²) in [7, 11) is 0. The summed E-state index contributed by atoms with van der Waals surface area (Å²) >= 11 is 5.03. The molecule has 0 unspecified atom stereocenters. The van der Waals surface area contributed by atoms with Crippen LogP contribution in [0.2, 0.25) is 0 Å². The summed E-state index contributed by atoms with van der Waals surface area (Å²) in [5.74, 6) is -0.141. The largest absolute Gasteiger partial charge is 0.416 e. The third kappa shape index (κ3) is 2.38. The van der Waals surface area contributed by atoms with Crippen molar-refractivity contribution in [2.24, 2.45) is 10.2 Å². The zero-order valence-corrected chi connectivity index (χ0v) is 7.60. The standard InChI is InChI=1S/C8H6ClF3N2/c9-14-7(13)5-2-1-3-6(4-5)8(10,11)12/h1-4H,(H2,13,14). The second-order valence-corrected chi connectivity index (χ2v) is 2.72. The lowest BCUT2D eigenvalue weighted by atomic mass is 10.1. The van der Waals surface area contributed by atoms with E-state index in [1.54, 1.807) is 0 Å². The molecule has 6 heteroatoms. The number of rotatable bonds is 1. The topological polar surface area (TPSA) is 38.4 Å². The highest BCUT2D eigenvalue weighted by atomic mass is 35.5. The van der Waals surface area contributed by atoms with Crippen molar-refractivity contribution in [2.75, 3.05) is 0 Å². The fourth-order valence-corrected chi connectivity index (χ4v) is 1.00. The van der Waals surface area contributed by atoms with Gasteiger partial charge in [0.05, 0.1) is 5.56 Å². The molecule has 1 aromatic rings. The lowest BCUT2D eigenvalue weighted by Crippen LogP contribution is -2.14. The van der Waals surface area contributed by atoms with E-state index in [2.05, 4.69) is 4.51 Å². The molecule has 1 rings (SSSR count). The molecule has 0 bridgehead atoms. The van der Waals surface area contributed by atoms with Crippen LogP contribution in [-0.4, -0.2) is 5.84 Å². The maximum atomic E-state index is 12.2. The van der Waals surface area contributed by atoms with Gasteiger partial charge in [0.1, 0.15) is 5.84 Å². The fraction of sp³-hybridized carbons (Fsp3) is 0.125. The predicted molar refractivity (Wildman–Crippen MR) is 48.0 cm³/mol. The second-order valence-electron chi connectivity index (χ2n) is 2.55. The van der Waals surface area contributed by atoms with Crippen LogP contribution in [0.3, 0.4) is 0 Å². The Morgan fingerprint density at radius 1 is 1.36 bits per heavy atom. The summed E-state index contributed by atoms with van der Waals surface area (Å²) in [6, 6.07) is 4.48. The molecular weight excluding hydrogens is 217 g/mol. The van der Waals surface area contributed by atoms with Crippen LogP contribution in [0.4, 0.5) is 13.2 Å². The van der Waals surface area contributed by atoms with E-state index in [-0.39, 0.29) is 11.4 Å². The van der Waals surface area contributed by atoms with E-state index in [9.17, 15) is 13.2 Å². The Hall–Kier alpha value is -1.23. The van der Waals surface area contributed by atoms with Gasteiger partial charge in [-0.15, -0.1) is 0 Å². The van der Waals surface area contributed by atoms with Gasteiger partial charge < -0.3 is 5.73 Å². The molecule has 2 nitrogen and oxygen atoms in total. The Balaban J connectivity index is 3.14. The molecule has 0 aliphatic rings. The van der Waals surface area contributed by atoms with Gasteiger partial charge >= 0.3 is 6.18 Å². The monoisotopic (exact) mass is 222 g/mol. The molecule has 0 atom stereocenters. The third-order valence-electron chi connectivity index (χ3n) is 1.58. The van der Waals surface area contributed by atoms with Crippen LogP contribution in [0, 0.1) is 0 Å². The van der Waals surface area contributed by atoms with Crippen LogP contribution < -0.4 is 5.73 Å². The van der Waals surface area contributed by atoms with Gasteiger partial charge in [-0.3, -0.25) is 0 Å². The summed E-state index contributed by atoms with van der Waals surface area (Å²) in [5.41, 5.74) is 4.63. The number of alkyl halides is 3. The molecule has 0 aliphatic heterocycles. The van der Waals surface area contributed by atoms with E-state index in [1.807, 2.05) is 0 Å². The zero-order chi connectivity index (χ0) is 10.8. The van der Waals surface area contributed by atoms with E-state index in [4.69, 9.17) is 17.5 Å². The highest BCUT2D eigenvalue weighted by molar-refractivity contribution is 6.22. The Bertz CT molecular complexity index is 360. The highest BCUT2D eigenvalue weighted by Crippen LogP contribution is 2.29. The van der Waals surface area contributed by atoms with Crippen LogP contribution in [0.15, 0.2) is 28.8 Å². The second kappa shape index (κ2) is 3.88. The van der Waals surface area contributed by atoms with Gasteiger partial charge in [0.15, 0.2) is 0 Å².